The summed E-state index contributed by atoms with van der Waals surface area (Å²) in [5.41, 5.74) is 3.75. The number of halogens is 2. The van der Waals surface area contributed by atoms with Crippen molar-refractivity contribution in [1.29, 1.82) is 0 Å². The first-order valence-electron chi connectivity index (χ1n) is 12.3. The highest BCUT2D eigenvalue weighted by Gasteiger charge is 2.39. The van der Waals surface area contributed by atoms with Crippen LogP contribution in [0.1, 0.15) is 46.4 Å². The van der Waals surface area contributed by atoms with E-state index >= 15 is 0 Å². The average molecular weight is 552 g/mol. The third kappa shape index (κ3) is 5.77. The highest BCUT2D eigenvalue weighted by Crippen LogP contribution is 2.42. The van der Waals surface area contributed by atoms with Gasteiger partial charge in [-0.1, -0.05) is 84.7 Å². The zero-order chi connectivity index (χ0) is 26.6. The minimum Gasteiger partial charge on any atom is -0.392 e. The van der Waals surface area contributed by atoms with Crippen molar-refractivity contribution in [2.75, 3.05) is 5.32 Å². The van der Waals surface area contributed by atoms with Crippen LogP contribution in [0.5, 0.6) is 0 Å². The predicted octanol–water partition coefficient (Wildman–Crippen LogP) is 6.43. The summed E-state index contributed by atoms with van der Waals surface area (Å²) < 4.78 is 14.7. The number of aliphatic hydroxyl groups excluding tert-OH is 1. The van der Waals surface area contributed by atoms with Gasteiger partial charge in [-0.15, -0.1) is 0 Å². The Bertz CT molecular complexity index is 1390. The first-order chi connectivity index (χ1) is 18.4. The second kappa shape index (κ2) is 11.7. The summed E-state index contributed by atoms with van der Waals surface area (Å²) in [5, 5.41) is 13.0. The number of benzene rings is 3. The lowest BCUT2D eigenvalue weighted by Gasteiger charge is -2.41. The topological polar surface area (TPSA) is 85.6 Å². The van der Waals surface area contributed by atoms with Crippen LogP contribution in [0.15, 0.2) is 85.2 Å². The van der Waals surface area contributed by atoms with Crippen molar-refractivity contribution in [2.24, 2.45) is 5.92 Å². The fourth-order valence-corrected chi connectivity index (χ4v) is 4.86. The maximum Gasteiger partial charge on any atom is 0.255 e. The molecule has 4 atom stereocenters. The molecule has 1 amide bonds. The molecule has 0 saturated carbocycles. The molecular formula is C29H27Cl2N3O4. The van der Waals surface area contributed by atoms with E-state index in [1.165, 1.54) is 0 Å². The number of imidazole rings is 1. The Morgan fingerprint density at radius 1 is 1.00 bits per heavy atom. The number of hydrogen-bond donors (Lipinski definition) is 2. The molecule has 3 aromatic carbocycles. The largest absolute Gasteiger partial charge is 0.392 e. The number of hydrogen-bond acceptors (Lipinski definition) is 5. The number of ether oxygens (including phenoxy) is 2. The molecular weight excluding hydrogens is 525 g/mol. The van der Waals surface area contributed by atoms with Crippen LogP contribution < -0.4 is 5.32 Å². The van der Waals surface area contributed by atoms with Gasteiger partial charge in [0.15, 0.2) is 11.4 Å². The van der Waals surface area contributed by atoms with E-state index in [0.29, 0.717) is 22.9 Å². The Morgan fingerprint density at radius 2 is 1.76 bits per heavy atom. The van der Waals surface area contributed by atoms with Gasteiger partial charge in [0.1, 0.15) is 5.15 Å². The molecule has 0 radical (unpaired) electrons. The van der Waals surface area contributed by atoms with Crippen LogP contribution in [0.25, 0.3) is 0 Å². The molecule has 1 fully saturated rings. The zero-order valence-corrected chi connectivity index (χ0v) is 22.1. The molecule has 1 aromatic heterocycles. The summed E-state index contributed by atoms with van der Waals surface area (Å²) in [7, 11) is 0. The third-order valence-electron chi connectivity index (χ3n) is 6.69. The van der Waals surface area contributed by atoms with Gasteiger partial charge < -0.3 is 24.5 Å². The Balaban J connectivity index is 1.42. The Kier molecular flexibility index (Phi) is 8.12. The van der Waals surface area contributed by atoms with Crippen molar-refractivity contribution in [2.45, 2.75) is 38.6 Å². The van der Waals surface area contributed by atoms with Gasteiger partial charge in [0.25, 0.3) is 5.91 Å². The Hall–Kier alpha value is -3.20. The molecule has 0 bridgehead atoms. The van der Waals surface area contributed by atoms with Crippen molar-refractivity contribution in [3.8, 4) is 0 Å². The molecule has 2 heterocycles. The number of amides is 1. The van der Waals surface area contributed by atoms with E-state index in [4.69, 9.17) is 32.7 Å². The van der Waals surface area contributed by atoms with E-state index in [9.17, 15) is 9.90 Å². The quantitative estimate of drug-likeness (QED) is 0.276. The number of carbonyl (C=O) groups excluding carboxylic acids is 1. The van der Waals surface area contributed by atoms with E-state index in [-0.39, 0.29) is 35.8 Å². The number of aliphatic hydroxyl groups is 1. The van der Waals surface area contributed by atoms with Crippen molar-refractivity contribution < 1.29 is 19.4 Å². The van der Waals surface area contributed by atoms with Crippen LogP contribution in [-0.2, 0) is 22.6 Å². The van der Waals surface area contributed by atoms with Gasteiger partial charge in [-0.25, -0.2) is 4.98 Å². The van der Waals surface area contributed by atoms with Gasteiger partial charge in [0.2, 0.25) is 0 Å². The predicted molar refractivity (Wildman–Crippen MR) is 146 cm³/mol. The van der Waals surface area contributed by atoms with E-state index < -0.39 is 6.29 Å². The van der Waals surface area contributed by atoms with Gasteiger partial charge >= 0.3 is 0 Å². The first kappa shape index (κ1) is 26.4. The standard InChI is InChI=1S/C29H27Cl2N3O4/c1-18-24(15-34-17-32-26(30)27(34)31)37-29(38-25(18)20-12-10-19(16-35)11-13-20)22-8-5-9-23(14-22)33-28(36)21-6-3-2-4-7-21/h2-14,17-18,24-25,29,35H,15-16H2,1H3,(H,33,36). The first-order valence-corrected chi connectivity index (χ1v) is 13.0. The second-order valence-corrected chi connectivity index (χ2v) is 9.96. The molecule has 5 rings (SSSR count). The summed E-state index contributed by atoms with van der Waals surface area (Å²) in [4.78, 5) is 16.8. The van der Waals surface area contributed by atoms with Crippen molar-refractivity contribution in [1.82, 2.24) is 9.55 Å². The number of nitrogens with zero attached hydrogens (tertiary/aromatic N) is 2. The molecule has 4 unspecified atom stereocenters. The fraction of sp³-hybridized carbons (Fsp3) is 0.241. The molecule has 9 heteroatoms. The fourth-order valence-electron chi connectivity index (χ4n) is 4.55. The molecule has 2 N–H and O–H groups in total. The minimum atomic E-state index is -0.704. The van der Waals surface area contributed by atoms with Gasteiger partial charge in [-0.2, -0.15) is 0 Å². The summed E-state index contributed by atoms with van der Waals surface area (Å²) >= 11 is 12.4. The Labute approximate surface area is 230 Å². The second-order valence-electron chi connectivity index (χ2n) is 9.25. The number of nitrogens with one attached hydrogen (secondary N) is 1. The molecule has 0 aliphatic carbocycles. The van der Waals surface area contributed by atoms with Crippen LogP contribution in [0.4, 0.5) is 5.69 Å². The number of rotatable bonds is 7. The van der Waals surface area contributed by atoms with Crippen LogP contribution in [0.2, 0.25) is 10.3 Å². The number of aromatic nitrogens is 2. The molecule has 38 heavy (non-hydrogen) atoms. The lowest BCUT2D eigenvalue weighted by atomic mass is 9.90. The average Bonchev–Trinajstić information content (AvgIpc) is 3.27. The zero-order valence-electron chi connectivity index (χ0n) is 20.6. The van der Waals surface area contributed by atoms with Gasteiger partial charge in [0, 0.05) is 22.7 Å². The summed E-state index contributed by atoms with van der Waals surface area (Å²) in [6.07, 6.45) is 0.300. The normalized spacial score (nSPS) is 21.3. The summed E-state index contributed by atoms with van der Waals surface area (Å²) in [6, 6.07) is 24.2. The van der Waals surface area contributed by atoms with E-state index in [1.807, 2.05) is 66.7 Å². The molecule has 1 saturated heterocycles. The molecule has 0 spiro atoms. The number of anilines is 1. The molecule has 1 aliphatic heterocycles. The maximum atomic E-state index is 12.7. The van der Waals surface area contributed by atoms with Crippen molar-refractivity contribution in [3.63, 3.8) is 0 Å². The maximum absolute atomic E-state index is 12.7. The van der Waals surface area contributed by atoms with Crippen molar-refractivity contribution in [3.05, 3.63) is 118 Å². The van der Waals surface area contributed by atoms with Crippen LogP contribution in [-0.4, -0.2) is 26.7 Å². The van der Waals surface area contributed by atoms with Crippen LogP contribution in [0.3, 0.4) is 0 Å². The highest BCUT2D eigenvalue weighted by atomic mass is 35.5. The molecule has 7 nitrogen and oxygen atoms in total. The SMILES string of the molecule is CC1C(Cn2cnc(Cl)c2Cl)OC(c2cccc(NC(=O)c3ccccc3)c2)OC1c1ccc(CO)cc1. The van der Waals surface area contributed by atoms with Crippen LogP contribution in [0, 0.1) is 5.92 Å². The lowest BCUT2D eigenvalue weighted by molar-refractivity contribution is -0.276. The smallest absolute Gasteiger partial charge is 0.255 e. The molecule has 1 aliphatic rings. The molecule has 4 aromatic rings. The third-order valence-corrected chi connectivity index (χ3v) is 7.45. The van der Waals surface area contributed by atoms with Gasteiger partial charge in [0.05, 0.1) is 31.7 Å². The number of carbonyl (C=O) groups is 1. The monoisotopic (exact) mass is 551 g/mol. The highest BCUT2D eigenvalue weighted by molar-refractivity contribution is 6.40. The Morgan fingerprint density at radius 3 is 2.45 bits per heavy atom. The summed E-state index contributed by atoms with van der Waals surface area (Å²) in [6.45, 7) is 2.46. The van der Waals surface area contributed by atoms with Crippen LogP contribution >= 0.6 is 23.2 Å². The summed E-state index contributed by atoms with van der Waals surface area (Å²) in [5.74, 6) is -0.252. The lowest BCUT2D eigenvalue weighted by Crippen LogP contribution is -2.39. The van der Waals surface area contributed by atoms with E-state index in [1.54, 1.807) is 23.0 Å². The molecule has 196 valence electrons. The van der Waals surface area contributed by atoms with Crippen molar-refractivity contribution >= 4 is 34.8 Å². The van der Waals surface area contributed by atoms with E-state index in [2.05, 4.69) is 17.2 Å². The van der Waals surface area contributed by atoms with Gasteiger partial charge in [-0.05, 0) is 35.4 Å². The van der Waals surface area contributed by atoms with E-state index in [0.717, 1.165) is 16.7 Å². The van der Waals surface area contributed by atoms with Gasteiger partial charge in [-0.3, -0.25) is 4.79 Å². The minimum absolute atomic E-state index is 0.0307.